The molecule has 26 heteroatoms. The summed E-state index contributed by atoms with van der Waals surface area (Å²) in [7, 11) is 1.60. The molecule has 450 valence electrons. The quantitative estimate of drug-likeness (QED) is 0.0212. The molecule has 0 bridgehead atoms. The van der Waals surface area contributed by atoms with Crippen molar-refractivity contribution in [2.75, 3.05) is 25.9 Å². The average molecular weight is 1170 g/mol. The number of H-pyrrole nitrogens is 1. The Morgan fingerprint density at radius 3 is 1.51 bits per heavy atom. The van der Waals surface area contributed by atoms with E-state index in [0.29, 0.717) is 24.0 Å². The number of aromatic nitrogens is 1. The van der Waals surface area contributed by atoms with Crippen molar-refractivity contribution in [3.05, 3.63) is 108 Å². The van der Waals surface area contributed by atoms with E-state index in [1.165, 1.54) is 0 Å². The van der Waals surface area contributed by atoms with Crippen molar-refractivity contribution >= 4 is 88.7 Å². The minimum absolute atomic E-state index is 0.0405. The minimum Gasteiger partial charge on any atom is -0.481 e. The molecule has 0 radical (unpaired) electrons. The van der Waals surface area contributed by atoms with Crippen LogP contribution in [0, 0.1) is 5.92 Å². The lowest BCUT2D eigenvalue weighted by atomic mass is 10.0. The first-order chi connectivity index (χ1) is 39.6. The Bertz CT molecular complexity index is 2840. The van der Waals surface area contributed by atoms with Crippen molar-refractivity contribution in [1.29, 1.82) is 0 Å². The van der Waals surface area contributed by atoms with Crippen LogP contribution in [0.25, 0.3) is 10.9 Å². The van der Waals surface area contributed by atoms with E-state index in [1.807, 2.05) is 30.3 Å². The van der Waals surface area contributed by atoms with Gasteiger partial charge in [-0.3, -0.25) is 47.9 Å². The number of carboxylic acids is 3. The van der Waals surface area contributed by atoms with Crippen LogP contribution in [0.2, 0.25) is 0 Å². The highest BCUT2D eigenvalue weighted by molar-refractivity contribution is 7.80. The number of para-hydroxylation sites is 1. The normalized spacial score (nSPS) is 14.0. The lowest BCUT2D eigenvalue weighted by Gasteiger charge is -2.28. The maximum absolute atomic E-state index is 14.4. The van der Waals surface area contributed by atoms with Crippen LogP contribution in [-0.4, -0.2) is 160 Å². The molecule has 0 aliphatic rings. The molecule has 0 saturated heterocycles. The zero-order chi connectivity index (χ0) is 61.0. The molecule has 0 spiro atoms. The predicted octanol–water partition coefficient (Wildman–Crippen LogP) is 0.213. The molecule has 83 heavy (non-hydrogen) atoms. The maximum atomic E-state index is 14.4. The van der Waals surface area contributed by atoms with E-state index in [-0.39, 0.29) is 50.3 Å². The molecular formula is C57H77N11O14S. The predicted molar refractivity (Wildman–Crippen MR) is 309 cm³/mol. The number of nitrogens with one attached hydrogen (secondary N) is 10. The van der Waals surface area contributed by atoms with Crippen molar-refractivity contribution in [2.24, 2.45) is 11.7 Å². The molecule has 8 unspecified atom stereocenters. The van der Waals surface area contributed by atoms with Crippen molar-refractivity contribution in [1.82, 2.24) is 52.8 Å². The number of likely N-dealkylation sites (N-methyl/N-ethyl adjacent to an activating group) is 1. The van der Waals surface area contributed by atoms with Gasteiger partial charge in [0.05, 0.1) is 12.6 Å². The number of aliphatic carboxylic acids is 3. The van der Waals surface area contributed by atoms with Gasteiger partial charge in [-0.05, 0) is 87.2 Å². The Morgan fingerprint density at radius 1 is 0.518 bits per heavy atom. The van der Waals surface area contributed by atoms with Gasteiger partial charge in [-0.1, -0.05) is 92.7 Å². The van der Waals surface area contributed by atoms with E-state index in [9.17, 15) is 68.1 Å². The van der Waals surface area contributed by atoms with Gasteiger partial charge in [0, 0.05) is 48.5 Å². The number of carbonyl (C=O) groups excluding carboxylic acids is 8. The summed E-state index contributed by atoms with van der Waals surface area (Å²) in [6.45, 7) is 2.85. The van der Waals surface area contributed by atoms with Crippen molar-refractivity contribution in [3.63, 3.8) is 0 Å². The molecule has 4 aromatic rings. The van der Waals surface area contributed by atoms with Gasteiger partial charge in [-0.15, -0.1) is 0 Å². The molecule has 8 amide bonds. The topological polar surface area (TPSA) is 399 Å². The third kappa shape index (κ3) is 23.2. The standard InChI is InChI=1S/C57H77N11O14S/c1-33(2)26-43(54(78)64-40(21-23-48(70)71)50(74)61-31-47(69)62-45(57(81)82)29-36-30-60-38-19-11-10-18-37(36)38)66-52(76)41(22-24-49(72)73)65-51(75)39(20-12-13-25-58)63-55(79)44(28-35-16-8-5-9-17-35)67-56(80)46(32-83)68-53(77)42(59-3)27-34-14-6-4-7-15-34/h4-11,14-19,30,33,39-46,59-60,83H,12-13,20-29,31-32,58H2,1-3H3,(H,61,74)(H,62,69)(H,63,79)(H,64,78)(H,65,75)(H,66,76)(H,67,80)(H,68,77)(H,70,71)(H,72,73)(H,81,82). The molecule has 0 saturated carbocycles. The highest BCUT2D eigenvalue weighted by Gasteiger charge is 2.35. The number of rotatable bonds is 37. The molecule has 0 fully saturated rings. The lowest BCUT2D eigenvalue weighted by molar-refractivity contribution is -0.141. The second-order valence-corrected chi connectivity index (χ2v) is 20.7. The molecule has 1 heterocycles. The Morgan fingerprint density at radius 2 is 0.976 bits per heavy atom. The number of thiol groups is 1. The number of carbonyl (C=O) groups is 11. The lowest BCUT2D eigenvalue weighted by Crippen LogP contribution is -2.60. The van der Waals surface area contributed by atoms with E-state index in [1.54, 1.807) is 81.7 Å². The second-order valence-electron chi connectivity index (χ2n) is 20.3. The number of aromatic amines is 1. The third-order valence-corrected chi connectivity index (χ3v) is 13.7. The zero-order valence-corrected chi connectivity index (χ0v) is 47.5. The van der Waals surface area contributed by atoms with Crippen LogP contribution < -0.4 is 53.6 Å². The third-order valence-electron chi connectivity index (χ3n) is 13.3. The van der Waals surface area contributed by atoms with Crippen molar-refractivity contribution in [2.45, 2.75) is 133 Å². The maximum Gasteiger partial charge on any atom is 0.326 e. The summed E-state index contributed by atoms with van der Waals surface area (Å²) in [6, 6.07) is 14.2. The number of fused-ring (bicyclic) bond motifs is 1. The van der Waals surface area contributed by atoms with E-state index in [4.69, 9.17) is 5.73 Å². The molecular weight excluding hydrogens is 1090 g/mol. The highest BCUT2D eigenvalue weighted by Crippen LogP contribution is 2.19. The minimum atomic E-state index is -1.65. The summed E-state index contributed by atoms with van der Waals surface area (Å²) < 4.78 is 0. The molecule has 1 aromatic heterocycles. The van der Waals surface area contributed by atoms with Gasteiger partial charge in [0.2, 0.25) is 47.3 Å². The van der Waals surface area contributed by atoms with Crippen LogP contribution in [-0.2, 0) is 72.0 Å². The summed E-state index contributed by atoms with van der Waals surface area (Å²) in [6.07, 6.45) is 0.00322. The fraction of sp³-hybridized carbons (Fsp3) is 0.456. The fourth-order valence-corrected chi connectivity index (χ4v) is 9.11. The van der Waals surface area contributed by atoms with Gasteiger partial charge >= 0.3 is 17.9 Å². The zero-order valence-electron chi connectivity index (χ0n) is 46.6. The van der Waals surface area contributed by atoms with Crippen LogP contribution in [0.4, 0.5) is 0 Å². The summed E-state index contributed by atoms with van der Waals surface area (Å²) in [5.41, 5.74) is 8.62. The summed E-state index contributed by atoms with van der Waals surface area (Å²) in [4.78, 5) is 150. The van der Waals surface area contributed by atoms with Gasteiger partial charge < -0.3 is 73.9 Å². The van der Waals surface area contributed by atoms with Gasteiger partial charge in [-0.2, -0.15) is 12.6 Å². The Labute approximate surface area is 486 Å². The first-order valence-corrected chi connectivity index (χ1v) is 27.9. The number of amides is 8. The van der Waals surface area contributed by atoms with Crippen molar-refractivity contribution in [3.8, 4) is 0 Å². The summed E-state index contributed by atoms with van der Waals surface area (Å²) in [5.74, 6) is -11.5. The number of hydrogen-bond acceptors (Lipinski definition) is 14. The Hall–Kier alpha value is -8.36. The smallest absolute Gasteiger partial charge is 0.326 e. The van der Waals surface area contributed by atoms with Crippen molar-refractivity contribution < 1.29 is 68.1 Å². The number of carboxylic acid groups (broad SMARTS) is 3. The van der Waals surface area contributed by atoms with Gasteiger partial charge in [-0.25, -0.2) is 4.79 Å². The van der Waals surface area contributed by atoms with E-state index in [2.05, 4.69) is 65.5 Å². The molecule has 0 aliphatic heterocycles. The van der Waals surface area contributed by atoms with E-state index >= 15 is 0 Å². The van der Waals surface area contributed by atoms with Crippen LogP contribution in [0.5, 0.6) is 0 Å². The first kappa shape index (κ1) is 67.1. The van der Waals surface area contributed by atoms with Gasteiger partial charge in [0.25, 0.3) is 0 Å². The van der Waals surface area contributed by atoms with E-state index in [0.717, 1.165) is 16.5 Å². The SMILES string of the molecule is CNC(Cc1ccccc1)C(=O)NC(CS)C(=O)NC(Cc1ccccc1)C(=O)NC(CCCCN)C(=O)NC(CCC(=O)O)C(=O)NC(CC(C)C)C(=O)NC(CCC(=O)O)C(=O)NCC(=O)NC(Cc1c[nH]c2ccccc12)C(=O)O. The number of benzene rings is 3. The second kappa shape index (κ2) is 34.8. The molecule has 3 aromatic carbocycles. The van der Waals surface area contributed by atoms with Crippen LogP contribution >= 0.6 is 12.6 Å². The number of nitrogens with two attached hydrogens (primary N) is 1. The van der Waals surface area contributed by atoms with Gasteiger partial charge in [0.1, 0.15) is 42.3 Å². The number of hydrogen-bond donors (Lipinski definition) is 15. The van der Waals surface area contributed by atoms with Crippen LogP contribution in [0.1, 0.15) is 81.9 Å². The molecule has 25 nitrogen and oxygen atoms in total. The largest absolute Gasteiger partial charge is 0.481 e. The van der Waals surface area contributed by atoms with Crippen LogP contribution in [0.3, 0.4) is 0 Å². The molecule has 0 aliphatic carbocycles. The average Bonchev–Trinajstić information content (AvgIpc) is 4.17. The van der Waals surface area contributed by atoms with Gasteiger partial charge in [0.15, 0.2) is 0 Å². The van der Waals surface area contributed by atoms with E-state index < -0.39 is 146 Å². The first-order valence-electron chi connectivity index (χ1n) is 27.3. The van der Waals surface area contributed by atoms with Crippen LogP contribution in [0.15, 0.2) is 91.1 Å². The molecule has 15 N–H and O–H groups in total. The monoisotopic (exact) mass is 1170 g/mol. The molecule has 8 atom stereocenters. The summed E-state index contributed by atoms with van der Waals surface area (Å²) >= 11 is 4.32. The Kier molecular flexibility index (Phi) is 28.2. The highest BCUT2D eigenvalue weighted by atomic mass is 32.1. The Balaban J connectivity index is 1.51. The number of unbranched alkanes of at least 4 members (excludes halogenated alkanes) is 1. The fourth-order valence-electron chi connectivity index (χ4n) is 8.86. The molecule has 4 rings (SSSR count). The summed E-state index contributed by atoms with van der Waals surface area (Å²) in [5, 5.41) is 53.0.